The first kappa shape index (κ1) is 15.4. The SMILES string of the molecule is Cc1cccc(CSCC(=O)N2C(C)CCCC2C)c1. The Balaban J connectivity index is 1.82. The van der Waals surface area contributed by atoms with Gasteiger partial charge in [-0.2, -0.15) is 0 Å². The molecule has 2 nitrogen and oxygen atoms in total. The van der Waals surface area contributed by atoms with E-state index < -0.39 is 0 Å². The highest BCUT2D eigenvalue weighted by Crippen LogP contribution is 2.24. The summed E-state index contributed by atoms with van der Waals surface area (Å²) in [7, 11) is 0. The van der Waals surface area contributed by atoms with E-state index in [9.17, 15) is 4.79 Å². The lowest BCUT2D eigenvalue weighted by Crippen LogP contribution is -2.48. The molecule has 110 valence electrons. The molecule has 2 unspecified atom stereocenters. The number of hydrogen-bond acceptors (Lipinski definition) is 2. The Labute approximate surface area is 126 Å². The molecule has 0 radical (unpaired) electrons. The highest BCUT2D eigenvalue weighted by atomic mass is 32.2. The molecule has 1 saturated heterocycles. The highest BCUT2D eigenvalue weighted by molar-refractivity contribution is 7.99. The topological polar surface area (TPSA) is 20.3 Å². The van der Waals surface area contributed by atoms with Gasteiger partial charge in [-0.1, -0.05) is 29.8 Å². The second kappa shape index (κ2) is 7.16. The van der Waals surface area contributed by atoms with Gasteiger partial charge in [0.1, 0.15) is 0 Å². The van der Waals surface area contributed by atoms with Crippen LogP contribution in [-0.4, -0.2) is 28.6 Å². The fraction of sp³-hybridized carbons (Fsp3) is 0.588. The zero-order chi connectivity index (χ0) is 14.5. The van der Waals surface area contributed by atoms with E-state index in [1.54, 1.807) is 11.8 Å². The van der Waals surface area contributed by atoms with Crippen LogP contribution in [0.3, 0.4) is 0 Å². The first-order valence-electron chi connectivity index (χ1n) is 7.52. The minimum Gasteiger partial charge on any atom is -0.337 e. The van der Waals surface area contributed by atoms with Crippen LogP contribution in [-0.2, 0) is 10.5 Å². The number of thioether (sulfide) groups is 1. The highest BCUT2D eigenvalue weighted by Gasteiger charge is 2.28. The summed E-state index contributed by atoms with van der Waals surface area (Å²) in [5.41, 5.74) is 2.59. The molecule has 0 aliphatic carbocycles. The molecule has 2 rings (SSSR count). The van der Waals surface area contributed by atoms with Crippen LogP contribution in [0.4, 0.5) is 0 Å². The number of aryl methyl sites for hydroxylation is 1. The predicted octanol–water partition coefficient (Wildman–Crippen LogP) is 4.02. The zero-order valence-electron chi connectivity index (χ0n) is 12.8. The molecule has 3 heteroatoms. The van der Waals surface area contributed by atoms with Crippen LogP contribution >= 0.6 is 11.8 Å². The average Bonchev–Trinajstić information content (AvgIpc) is 2.38. The second-order valence-corrected chi connectivity index (χ2v) is 6.90. The minimum atomic E-state index is 0.308. The van der Waals surface area contributed by atoms with Gasteiger partial charge >= 0.3 is 0 Å². The van der Waals surface area contributed by atoms with Crippen LogP contribution in [0.5, 0.6) is 0 Å². The molecular weight excluding hydrogens is 266 g/mol. The number of likely N-dealkylation sites (tertiary alicyclic amines) is 1. The first-order valence-corrected chi connectivity index (χ1v) is 8.68. The number of carbonyl (C=O) groups excluding carboxylic acids is 1. The second-order valence-electron chi connectivity index (χ2n) is 5.91. The summed E-state index contributed by atoms with van der Waals surface area (Å²) in [5, 5.41) is 0. The van der Waals surface area contributed by atoms with Gasteiger partial charge in [0.15, 0.2) is 0 Å². The molecule has 0 saturated carbocycles. The summed E-state index contributed by atoms with van der Waals surface area (Å²) in [5.74, 6) is 1.83. The first-order chi connectivity index (χ1) is 9.58. The van der Waals surface area contributed by atoms with E-state index in [4.69, 9.17) is 0 Å². The summed E-state index contributed by atoms with van der Waals surface area (Å²) < 4.78 is 0. The number of benzene rings is 1. The molecule has 1 aromatic carbocycles. The van der Waals surface area contributed by atoms with Crippen molar-refractivity contribution in [2.24, 2.45) is 0 Å². The van der Waals surface area contributed by atoms with Gasteiger partial charge in [0.25, 0.3) is 0 Å². The van der Waals surface area contributed by atoms with Crippen molar-refractivity contribution in [3.05, 3.63) is 35.4 Å². The molecule has 2 atom stereocenters. The molecule has 0 N–H and O–H groups in total. The lowest BCUT2D eigenvalue weighted by atomic mass is 9.98. The Kier molecular flexibility index (Phi) is 5.53. The van der Waals surface area contributed by atoms with E-state index in [0.717, 1.165) is 18.6 Å². The standard InChI is InChI=1S/C17H25NOS/c1-13-6-4-9-16(10-13)11-20-12-17(19)18-14(2)7-5-8-15(18)3/h4,6,9-10,14-15H,5,7-8,11-12H2,1-3H3. The van der Waals surface area contributed by atoms with Crippen molar-refractivity contribution in [3.8, 4) is 0 Å². The number of carbonyl (C=O) groups is 1. The lowest BCUT2D eigenvalue weighted by Gasteiger charge is -2.39. The van der Waals surface area contributed by atoms with Crippen molar-refractivity contribution < 1.29 is 4.79 Å². The molecule has 0 bridgehead atoms. The van der Waals surface area contributed by atoms with Crippen LogP contribution in [0.25, 0.3) is 0 Å². The Morgan fingerprint density at radius 3 is 2.65 bits per heavy atom. The fourth-order valence-electron chi connectivity index (χ4n) is 3.05. The number of nitrogens with zero attached hydrogens (tertiary/aromatic N) is 1. The van der Waals surface area contributed by atoms with E-state index in [1.165, 1.54) is 17.5 Å². The van der Waals surface area contributed by atoms with E-state index in [1.807, 2.05) is 0 Å². The van der Waals surface area contributed by atoms with Crippen molar-refractivity contribution >= 4 is 17.7 Å². The van der Waals surface area contributed by atoms with Crippen LogP contribution < -0.4 is 0 Å². The third-order valence-corrected chi connectivity index (χ3v) is 5.05. The maximum atomic E-state index is 12.4. The number of rotatable bonds is 4. The molecule has 20 heavy (non-hydrogen) atoms. The lowest BCUT2D eigenvalue weighted by molar-refractivity contribution is -0.134. The summed E-state index contributed by atoms with van der Waals surface area (Å²) in [4.78, 5) is 14.5. The molecule has 1 aromatic rings. The van der Waals surface area contributed by atoms with Gasteiger partial charge in [-0.05, 0) is 45.6 Å². The molecule has 1 aliphatic rings. The Hall–Kier alpha value is -0.960. The quantitative estimate of drug-likeness (QED) is 0.835. The summed E-state index contributed by atoms with van der Waals surface area (Å²) >= 11 is 1.73. The van der Waals surface area contributed by atoms with Crippen LogP contribution in [0, 0.1) is 6.92 Å². The van der Waals surface area contributed by atoms with Crippen molar-refractivity contribution in [2.75, 3.05) is 5.75 Å². The zero-order valence-corrected chi connectivity index (χ0v) is 13.6. The van der Waals surface area contributed by atoms with E-state index >= 15 is 0 Å². The Morgan fingerprint density at radius 2 is 2.00 bits per heavy atom. The van der Waals surface area contributed by atoms with Gasteiger partial charge < -0.3 is 4.90 Å². The van der Waals surface area contributed by atoms with E-state index in [2.05, 4.69) is 49.9 Å². The molecule has 1 aliphatic heterocycles. The third-order valence-electron chi connectivity index (χ3n) is 4.06. The maximum Gasteiger partial charge on any atom is 0.233 e. The summed E-state index contributed by atoms with van der Waals surface area (Å²) in [6, 6.07) is 9.34. The molecule has 0 spiro atoms. The maximum absolute atomic E-state index is 12.4. The van der Waals surface area contributed by atoms with Crippen molar-refractivity contribution in [1.82, 2.24) is 4.90 Å². The smallest absolute Gasteiger partial charge is 0.233 e. The summed E-state index contributed by atoms with van der Waals surface area (Å²) in [6.45, 7) is 6.47. The third kappa shape index (κ3) is 4.02. The molecule has 1 heterocycles. The minimum absolute atomic E-state index is 0.308. The fourth-order valence-corrected chi connectivity index (χ4v) is 3.89. The van der Waals surface area contributed by atoms with Gasteiger partial charge in [0.05, 0.1) is 5.75 Å². The number of amides is 1. The molecule has 1 amide bonds. The van der Waals surface area contributed by atoms with Crippen molar-refractivity contribution in [2.45, 2.75) is 57.9 Å². The van der Waals surface area contributed by atoms with Gasteiger partial charge in [0, 0.05) is 17.8 Å². The summed E-state index contributed by atoms with van der Waals surface area (Å²) in [6.07, 6.45) is 3.56. The average molecular weight is 291 g/mol. The predicted molar refractivity (Wildman–Crippen MR) is 87.0 cm³/mol. The number of hydrogen-bond donors (Lipinski definition) is 0. The largest absolute Gasteiger partial charge is 0.337 e. The normalized spacial score (nSPS) is 22.9. The van der Waals surface area contributed by atoms with Crippen LogP contribution in [0.15, 0.2) is 24.3 Å². The molecular formula is C17H25NOS. The van der Waals surface area contributed by atoms with E-state index in [-0.39, 0.29) is 0 Å². The van der Waals surface area contributed by atoms with Gasteiger partial charge in [0.2, 0.25) is 5.91 Å². The van der Waals surface area contributed by atoms with Gasteiger partial charge in [-0.3, -0.25) is 4.79 Å². The van der Waals surface area contributed by atoms with Crippen molar-refractivity contribution in [1.29, 1.82) is 0 Å². The van der Waals surface area contributed by atoms with Gasteiger partial charge in [-0.25, -0.2) is 0 Å². The molecule has 1 fully saturated rings. The Morgan fingerprint density at radius 1 is 1.30 bits per heavy atom. The van der Waals surface area contributed by atoms with Crippen LogP contribution in [0.1, 0.15) is 44.2 Å². The number of piperidine rings is 1. The Bertz CT molecular complexity index is 450. The monoisotopic (exact) mass is 291 g/mol. The van der Waals surface area contributed by atoms with Crippen LogP contribution in [0.2, 0.25) is 0 Å². The van der Waals surface area contributed by atoms with Crippen molar-refractivity contribution in [3.63, 3.8) is 0 Å². The molecule has 0 aromatic heterocycles. The van der Waals surface area contributed by atoms with E-state index in [0.29, 0.717) is 23.7 Å². The van der Waals surface area contributed by atoms with Gasteiger partial charge in [-0.15, -0.1) is 11.8 Å².